The molecule has 100 valence electrons. The minimum Gasteiger partial charge on any atom is -0.493 e. The number of ether oxygens (including phenoxy) is 3. The average Bonchev–Trinajstić information content (AvgIpc) is 2.42. The fraction of sp³-hybridized carbons (Fsp3) is 0.538. The fourth-order valence-electron chi connectivity index (χ4n) is 1.93. The van der Waals surface area contributed by atoms with Gasteiger partial charge in [-0.15, -0.1) is 0 Å². The van der Waals surface area contributed by atoms with Crippen molar-refractivity contribution in [3.63, 3.8) is 0 Å². The zero-order chi connectivity index (χ0) is 13.0. The van der Waals surface area contributed by atoms with Crippen molar-refractivity contribution < 1.29 is 14.2 Å². The van der Waals surface area contributed by atoms with Gasteiger partial charge in [-0.3, -0.25) is 0 Å². The van der Waals surface area contributed by atoms with E-state index in [1.807, 2.05) is 12.1 Å². The number of hydrogen-bond donors (Lipinski definition) is 0. The van der Waals surface area contributed by atoms with Crippen LogP contribution >= 0.6 is 31.9 Å². The van der Waals surface area contributed by atoms with E-state index in [2.05, 4.69) is 31.9 Å². The lowest BCUT2D eigenvalue weighted by atomic mass is 10.1. The molecule has 1 heterocycles. The smallest absolute Gasteiger partial charge is 0.175 e. The molecule has 0 unspecified atom stereocenters. The van der Waals surface area contributed by atoms with Crippen molar-refractivity contribution >= 4 is 31.9 Å². The molecule has 0 aromatic heterocycles. The van der Waals surface area contributed by atoms with Gasteiger partial charge in [-0.25, -0.2) is 0 Å². The molecule has 0 N–H and O–H groups in total. The highest BCUT2D eigenvalue weighted by Gasteiger charge is 2.19. The van der Waals surface area contributed by atoms with Gasteiger partial charge in [-0.2, -0.15) is 0 Å². The summed E-state index contributed by atoms with van der Waals surface area (Å²) in [7, 11) is 1.66. The zero-order valence-electron chi connectivity index (χ0n) is 10.2. The minimum absolute atomic E-state index is 0.207. The molecule has 0 bridgehead atoms. The number of alkyl halides is 1. The van der Waals surface area contributed by atoms with Crippen LogP contribution < -0.4 is 9.47 Å². The number of halogens is 2. The van der Waals surface area contributed by atoms with Crippen LogP contribution in [-0.4, -0.2) is 26.4 Å². The molecule has 1 aromatic carbocycles. The molecule has 1 aromatic rings. The molecule has 1 fully saturated rings. The Hall–Kier alpha value is -0.260. The van der Waals surface area contributed by atoms with Crippen molar-refractivity contribution in [2.24, 2.45) is 0 Å². The summed E-state index contributed by atoms with van der Waals surface area (Å²) in [6, 6.07) is 4.04. The standard InChI is InChI=1S/C13H16Br2O3/c1-16-12-7-9(8-14)6-11(15)13(12)18-10-2-4-17-5-3-10/h6-7,10H,2-5,8H2,1H3. The van der Waals surface area contributed by atoms with E-state index < -0.39 is 0 Å². The van der Waals surface area contributed by atoms with Crippen LogP contribution in [0.4, 0.5) is 0 Å². The molecule has 3 nitrogen and oxygen atoms in total. The van der Waals surface area contributed by atoms with Gasteiger partial charge in [0, 0.05) is 18.2 Å². The first-order valence-corrected chi connectivity index (χ1v) is 7.83. The van der Waals surface area contributed by atoms with Gasteiger partial charge in [0.25, 0.3) is 0 Å². The van der Waals surface area contributed by atoms with E-state index in [0.29, 0.717) is 0 Å². The zero-order valence-corrected chi connectivity index (χ0v) is 13.4. The number of hydrogen-bond acceptors (Lipinski definition) is 3. The highest BCUT2D eigenvalue weighted by Crippen LogP contribution is 2.38. The maximum absolute atomic E-state index is 6.04. The summed E-state index contributed by atoms with van der Waals surface area (Å²) in [5.74, 6) is 1.56. The molecule has 1 aliphatic rings. The second-order valence-electron chi connectivity index (χ2n) is 4.17. The molecule has 0 spiro atoms. The van der Waals surface area contributed by atoms with Crippen molar-refractivity contribution in [3.05, 3.63) is 22.2 Å². The third-order valence-corrected chi connectivity index (χ3v) is 4.13. The molecule has 0 aliphatic carbocycles. The Morgan fingerprint density at radius 1 is 1.33 bits per heavy atom. The van der Waals surface area contributed by atoms with E-state index in [4.69, 9.17) is 14.2 Å². The van der Waals surface area contributed by atoms with E-state index in [9.17, 15) is 0 Å². The van der Waals surface area contributed by atoms with Crippen LogP contribution in [0.25, 0.3) is 0 Å². The number of benzene rings is 1. The average molecular weight is 380 g/mol. The second-order valence-corrected chi connectivity index (χ2v) is 5.59. The first kappa shape index (κ1) is 14.2. The van der Waals surface area contributed by atoms with E-state index >= 15 is 0 Å². The van der Waals surface area contributed by atoms with Crippen LogP contribution in [0.5, 0.6) is 11.5 Å². The van der Waals surface area contributed by atoms with Crippen molar-refractivity contribution in [3.8, 4) is 11.5 Å². The maximum Gasteiger partial charge on any atom is 0.175 e. The number of methoxy groups -OCH3 is 1. The summed E-state index contributed by atoms with van der Waals surface area (Å²) in [5, 5.41) is 0.791. The van der Waals surface area contributed by atoms with Crippen LogP contribution in [0.2, 0.25) is 0 Å². The Morgan fingerprint density at radius 2 is 2.06 bits per heavy atom. The lowest BCUT2D eigenvalue weighted by Crippen LogP contribution is -2.26. The first-order chi connectivity index (χ1) is 8.74. The summed E-state index contributed by atoms with van der Waals surface area (Å²) in [6.07, 6.45) is 2.06. The largest absolute Gasteiger partial charge is 0.493 e. The molecular formula is C13H16Br2O3. The van der Waals surface area contributed by atoms with Crippen LogP contribution in [0.1, 0.15) is 18.4 Å². The SMILES string of the molecule is COc1cc(CBr)cc(Br)c1OC1CCOCC1. The summed E-state index contributed by atoms with van der Waals surface area (Å²) >= 11 is 6.99. The van der Waals surface area contributed by atoms with Gasteiger partial charge < -0.3 is 14.2 Å². The predicted octanol–water partition coefficient (Wildman–Crippen LogP) is 3.91. The Balaban J connectivity index is 2.19. The minimum atomic E-state index is 0.207. The summed E-state index contributed by atoms with van der Waals surface area (Å²) in [5.41, 5.74) is 1.15. The van der Waals surface area contributed by atoms with Gasteiger partial charge in [0.15, 0.2) is 11.5 Å². The lowest BCUT2D eigenvalue weighted by Gasteiger charge is -2.25. The van der Waals surface area contributed by atoms with Gasteiger partial charge in [0.05, 0.1) is 24.8 Å². The summed E-state index contributed by atoms with van der Waals surface area (Å²) in [4.78, 5) is 0. The first-order valence-electron chi connectivity index (χ1n) is 5.91. The molecule has 1 aliphatic heterocycles. The Labute approximate surface area is 124 Å². The molecule has 0 atom stereocenters. The van der Waals surface area contributed by atoms with E-state index in [0.717, 1.165) is 52.9 Å². The predicted molar refractivity (Wildman–Crippen MR) is 77.8 cm³/mol. The Morgan fingerprint density at radius 3 is 2.67 bits per heavy atom. The molecule has 1 saturated heterocycles. The lowest BCUT2D eigenvalue weighted by molar-refractivity contribution is 0.0242. The van der Waals surface area contributed by atoms with Crippen LogP contribution in [-0.2, 0) is 10.1 Å². The molecule has 0 saturated carbocycles. The van der Waals surface area contributed by atoms with Crippen molar-refractivity contribution in [2.45, 2.75) is 24.3 Å². The summed E-state index contributed by atoms with van der Waals surface area (Å²) < 4.78 is 17.7. The van der Waals surface area contributed by atoms with Gasteiger partial charge in [-0.1, -0.05) is 15.9 Å². The Kier molecular flexibility index (Phi) is 5.33. The van der Waals surface area contributed by atoms with Gasteiger partial charge in [0.1, 0.15) is 6.10 Å². The van der Waals surface area contributed by atoms with Crippen LogP contribution in [0.15, 0.2) is 16.6 Å². The van der Waals surface area contributed by atoms with Gasteiger partial charge >= 0.3 is 0 Å². The third kappa shape index (κ3) is 3.39. The second kappa shape index (κ2) is 6.78. The van der Waals surface area contributed by atoms with Crippen molar-refractivity contribution in [1.82, 2.24) is 0 Å². The fourth-order valence-corrected chi connectivity index (χ4v) is 2.83. The quantitative estimate of drug-likeness (QED) is 0.742. The maximum atomic E-state index is 6.04. The molecule has 18 heavy (non-hydrogen) atoms. The van der Waals surface area contributed by atoms with Crippen LogP contribution in [0, 0.1) is 0 Å². The number of rotatable bonds is 4. The molecular weight excluding hydrogens is 364 g/mol. The van der Waals surface area contributed by atoms with E-state index in [1.165, 1.54) is 0 Å². The molecule has 2 rings (SSSR count). The molecule has 0 radical (unpaired) electrons. The third-order valence-electron chi connectivity index (χ3n) is 2.90. The summed E-state index contributed by atoms with van der Waals surface area (Å²) in [6.45, 7) is 1.54. The van der Waals surface area contributed by atoms with Gasteiger partial charge in [0.2, 0.25) is 0 Å². The van der Waals surface area contributed by atoms with E-state index in [1.54, 1.807) is 7.11 Å². The highest BCUT2D eigenvalue weighted by atomic mass is 79.9. The normalized spacial score (nSPS) is 16.6. The topological polar surface area (TPSA) is 27.7 Å². The van der Waals surface area contributed by atoms with E-state index in [-0.39, 0.29) is 6.10 Å². The molecule has 0 amide bonds. The Bertz CT molecular complexity index is 403. The van der Waals surface area contributed by atoms with Crippen LogP contribution in [0.3, 0.4) is 0 Å². The molecule has 5 heteroatoms. The van der Waals surface area contributed by atoms with Crippen molar-refractivity contribution in [2.75, 3.05) is 20.3 Å². The highest BCUT2D eigenvalue weighted by molar-refractivity contribution is 9.10. The van der Waals surface area contributed by atoms with Crippen molar-refractivity contribution in [1.29, 1.82) is 0 Å². The van der Waals surface area contributed by atoms with Gasteiger partial charge in [-0.05, 0) is 33.6 Å². The monoisotopic (exact) mass is 378 g/mol.